The Morgan fingerprint density at radius 1 is 0.949 bits per heavy atom. The molecular formula is C43H46N12O4. The molecule has 0 spiro atoms. The number of hydrogen-bond acceptors (Lipinski definition) is 10. The van der Waals surface area contributed by atoms with Gasteiger partial charge in [-0.25, -0.2) is 14.3 Å². The highest BCUT2D eigenvalue weighted by molar-refractivity contribution is 6.09. The van der Waals surface area contributed by atoms with Crippen molar-refractivity contribution in [2.24, 2.45) is 13.0 Å². The second kappa shape index (κ2) is 16.1. The summed E-state index contributed by atoms with van der Waals surface area (Å²) in [5.74, 6) is 6.19. The molecule has 1 aromatic carbocycles. The topological polar surface area (TPSA) is 170 Å². The van der Waals surface area contributed by atoms with Crippen molar-refractivity contribution in [1.82, 2.24) is 53.6 Å². The van der Waals surface area contributed by atoms with E-state index in [4.69, 9.17) is 5.10 Å². The molecule has 0 radical (unpaired) electrons. The van der Waals surface area contributed by atoms with Gasteiger partial charge >= 0.3 is 5.69 Å². The van der Waals surface area contributed by atoms with Crippen molar-refractivity contribution in [3.8, 4) is 23.2 Å². The van der Waals surface area contributed by atoms with E-state index in [1.165, 1.54) is 10.8 Å². The molecule has 2 N–H and O–H groups in total. The molecule has 5 aromatic heterocycles. The zero-order valence-corrected chi connectivity index (χ0v) is 33.2. The van der Waals surface area contributed by atoms with Gasteiger partial charge in [-0.15, -0.1) is 0 Å². The van der Waals surface area contributed by atoms with Crippen LogP contribution in [0.25, 0.3) is 28.1 Å². The van der Waals surface area contributed by atoms with Crippen LogP contribution in [0, 0.1) is 24.7 Å². The number of piperazine rings is 1. The molecule has 2 aliphatic heterocycles. The number of fused-ring (bicyclic) bond motifs is 2. The Labute approximate surface area is 340 Å². The summed E-state index contributed by atoms with van der Waals surface area (Å²) in [6.07, 6.45) is 13.4. The molecule has 16 heteroatoms. The summed E-state index contributed by atoms with van der Waals surface area (Å²) in [7, 11) is 1.70. The molecule has 3 amide bonds. The van der Waals surface area contributed by atoms with E-state index in [2.05, 4.69) is 47.3 Å². The minimum absolute atomic E-state index is 0.198. The second-order valence-corrected chi connectivity index (χ2v) is 15.9. The zero-order chi connectivity index (χ0) is 40.6. The standard InChI is InChI=1S/C43H46N12O4/c1-28-9-14-33(45-24-28)38-34(47-41(57)32-25-46-53-19-5-17-44-40(32)53)27-54(49-38)31-12-10-29(11-13-31)26-52-22-20-51(21-23-52)18-4-7-30-6-3-8-35-39(30)50(2)43(59)55(35)36-15-16-37(56)48-42(36)58/h3,5-6,8-9,14,17,19,24-25,27,29,31,36H,10-13,15-16,18,20-23,26H2,1-2H3,(H,47,57)(H,48,56,58). The number of anilines is 1. The maximum atomic E-state index is 13.5. The van der Waals surface area contributed by atoms with Crippen molar-refractivity contribution in [2.75, 3.05) is 44.6 Å². The number of hydrogen-bond donors (Lipinski definition) is 2. The fourth-order valence-corrected chi connectivity index (χ4v) is 8.75. The molecule has 302 valence electrons. The molecule has 1 atom stereocenters. The number of carbonyl (C=O) groups is 3. The SMILES string of the molecule is Cc1ccc(-c2nn(C3CCC(CN4CCN(CC#Cc5cccc6c5n(C)c(=O)n6C5CCC(=O)NC5=O)CC4)CC3)cc2NC(=O)c2cnn3cccnc23)nc1. The minimum Gasteiger partial charge on any atom is -0.319 e. The smallest absolute Gasteiger partial charge is 0.319 e. The molecule has 1 aliphatic carbocycles. The van der Waals surface area contributed by atoms with Gasteiger partial charge < -0.3 is 10.2 Å². The molecular weight excluding hydrogens is 749 g/mol. The number of pyridine rings is 1. The van der Waals surface area contributed by atoms with E-state index in [0.717, 1.165) is 69.5 Å². The highest BCUT2D eigenvalue weighted by Gasteiger charge is 2.32. The average Bonchev–Trinajstić information content (AvgIpc) is 3.94. The summed E-state index contributed by atoms with van der Waals surface area (Å²) in [6.45, 7) is 7.52. The summed E-state index contributed by atoms with van der Waals surface area (Å²) >= 11 is 0. The quantitative estimate of drug-likeness (QED) is 0.172. The number of piperidine rings is 1. The van der Waals surface area contributed by atoms with Crippen LogP contribution in [0.5, 0.6) is 0 Å². The van der Waals surface area contributed by atoms with E-state index in [9.17, 15) is 19.2 Å². The number of nitrogens with zero attached hydrogens (tertiary/aromatic N) is 10. The third-order valence-electron chi connectivity index (χ3n) is 12.0. The fourth-order valence-electron chi connectivity index (χ4n) is 8.75. The van der Waals surface area contributed by atoms with Crippen LogP contribution in [0.4, 0.5) is 5.69 Å². The van der Waals surface area contributed by atoms with Gasteiger partial charge in [-0.1, -0.05) is 24.0 Å². The van der Waals surface area contributed by atoms with Gasteiger partial charge in [0.1, 0.15) is 17.3 Å². The van der Waals surface area contributed by atoms with Gasteiger partial charge in [0.2, 0.25) is 11.8 Å². The number of rotatable bonds is 8. The summed E-state index contributed by atoms with van der Waals surface area (Å²) < 4.78 is 6.64. The monoisotopic (exact) mass is 794 g/mol. The molecule has 7 heterocycles. The van der Waals surface area contributed by atoms with Crippen LogP contribution in [-0.2, 0) is 16.6 Å². The minimum atomic E-state index is -0.728. The van der Waals surface area contributed by atoms with Gasteiger partial charge in [-0.3, -0.25) is 43.4 Å². The number of imide groups is 1. The largest absolute Gasteiger partial charge is 0.329 e. The van der Waals surface area contributed by atoms with Gasteiger partial charge in [-0.2, -0.15) is 10.2 Å². The van der Waals surface area contributed by atoms with E-state index in [-0.39, 0.29) is 30.0 Å². The van der Waals surface area contributed by atoms with Crippen molar-refractivity contribution >= 4 is 40.1 Å². The van der Waals surface area contributed by atoms with Gasteiger partial charge in [0.05, 0.1) is 46.8 Å². The fraction of sp³-hybridized carbons (Fsp3) is 0.395. The van der Waals surface area contributed by atoms with Crippen molar-refractivity contribution in [3.05, 3.63) is 94.6 Å². The molecule has 1 unspecified atom stereocenters. The Bertz CT molecular complexity index is 2680. The summed E-state index contributed by atoms with van der Waals surface area (Å²) in [5, 5.41) is 14.7. The number of amides is 3. The molecule has 59 heavy (non-hydrogen) atoms. The first kappa shape index (κ1) is 38.1. The van der Waals surface area contributed by atoms with Gasteiger partial charge in [0.15, 0.2) is 5.65 Å². The molecule has 3 aliphatic rings. The van der Waals surface area contributed by atoms with E-state index < -0.39 is 11.9 Å². The Hall–Kier alpha value is -6.44. The van der Waals surface area contributed by atoms with E-state index >= 15 is 0 Å². The molecule has 3 fully saturated rings. The number of aromatic nitrogens is 8. The predicted molar refractivity (Wildman–Crippen MR) is 220 cm³/mol. The van der Waals surface area contributed by atoms with Crippen molar-refractivity contribution in [1.29, 1.82) is 0 Å². The third-order valence-corrected chi connectivity index (χ3v) is 12.0. The summed E-state index contributed by atoms with van der Waals surface area (Å²) in [6, 6.07) is 10.8. The Balaban J connectivity index is 0.796. The lowest BCUT2D eigenvalue weighted by atomic mass is 9.85. The normalized spacial score (nSPS) is 20.4. The van der Waals surface area contributed by atoms with Crippen LogP contribution in [-0.4, -0.2) is 105 Å². The average molecular weight is 795 g/mol. The van der Waals surface area contributed by atoms with E-state index in [1.54, 1.807) is 34.6 Å². The van der Waals surface area contributed by atoms with Crippen LogP contribution in [0.3, 0.4) is 0 Å². The maximum absolute atomic E-state index is 13.5. The predicted octanol–water partition coefficient (Wildman–Crippen LogP) is 3.58. The lowest BCUT2D eigenvalue weighted by Crippen LogP contribution is -2.48. The number of nitrogens with one attached hydrogen (secondary N) is 2. The number of benzene rings is 1. The van der Waals surface area contributed by atoms with Crippen molar-refractivity contribution in [2.45, 2.75) is 57.5 Å². The molecule has 6 aromatic rings. The first-order valence-corrected chi connectivity index (χ1v) is 20.3. The Morgan fingerprint density at radius 3 is 2.54 bits per heavy atom. The third kappa shape index (κ3) is 7.66. The van der Waals surface area contributed by atoms with Crippen LogP contribution < -0.4 is 16.3 Å². The van der Waals surface area contributed by atoms with Crippen LogP contribution in [0.2, 0.25) is 0 Å². The van der Waals surface area contributed by atoms with Crippen molar-refractivity contribution in [3.63, 3.8) is 0 Å². The van der Waals surface area contributed by atoms with E-state index in [1.807, 2.05) is 54.3 Å². The molecule has 1 saturated carbocycles. The highest BCUT2D eigenvalue weighted by Crippen LogP contribution is 2.36. The van der Waals surface area contributed by atoms with Crippen molar-refractivity contribution < 1.29 is 14.4 Å². The molecule has 2 saturated heterocycles. The first-order valence-electron chi connectivity index (χ1n) is 20.3. The van der Waals surface area contributed by atoms with Crippen LogP contribution >= 0.6 is 0 Å². The summed E-state index contributed by atoms with van der Waals surface area (Å²) in [4.78, 5) is 65.1. The maximum Gasteiger partial charge on any atom is 0.329 e. The highest BCUT2D eigenvalue weighted by atomic mass is 16.2. The van der Waals surface area contributed by atoms with Gasteiger partial charge in [-0.05, 0) is 74.8 Å². The van der Waals surface area contributed by atoms with Crippen LogP contribution in [0.15, 0.2) is 72.2 Å². The summed E-state index contributed by atoms with van der Waals surface area (Å²) in [5.41, 5.74) is 5.64. The Morgan fingerprint density at radius 2 is 1.76 bits per heavy atom. The molecule has 9 rings (SSSR count). The molecule has 16 nitrogen and oxygen atoms in total. The number of imidazole rings is 1. The van der Waals surface area contributed by atoms with Gasteiger partial charge in [0, 0.05) is 71.0 Å². The zero-order valence-electron chi connectivity index (χ0n) is 33.2. The number of aryl methyl sites for hydroxylation is 2. The first-order chi connectivity index (χ1) is 28.7. The molecule has 0 bridgehead atoms. The number of para-hydroxylation sites is 1. The second-order valence-electron chi connectivity index (χ2n) is 15.9. The lowest BCUT2D eigenvalue weighted by Gasteiger charge is -2.37. The number of carbonyl (C=O) groups excluding carboxylic acids is 3. The van der Waals surface area contributed by atoms with Crippen LogP contribution in [0.1, 0.15) is 72.1 Å². The Kier molecular flexibility index (Phi) is 10.4. The van der Waals surface area contributed by atoms with E-state index in [0.29, 0.717) is 58.2 Å². The lowest BCUT2D eigenvalue weighted by molar-refractivity contribution is -0.135. The van der Waals surface area contributed by atoms with Gasteiger partial charge in [0.25, 0.3) is 5.91 Å².